The summed E-state index contributed by atoms with van der Waals surface area (Å²) in [6.07, 6.45) is 1.86. The van der Waals surface area contributed by atoms with Gasteiger partial charge < -0.3 is 5.73 Å². The first kappa shape index (κ1) is 15.1. The van der Waals surface area contributed by atoms with Crippen LogP contribution >= 0.6 is 57.6 Å². The van der Waals surface area contributed by atoms with Gasteiger partial charge in [0.2, 0.25) is 5.95 Å². The molecule has 0 aliphatic rings. The van der Waals surface area contributed by atoms with Crippen LogP contribution < -0.4 is 5.73 Å². The van der Waals surface area contributed by atoms with Crippen molar-refractivity contribution in [2.75, 3.05) is 12.0 Å². The fourth-order valence-electron chi connectivity index (χ4n) is 1.74. The number of hydrogen-bond acceptors (Lipinski definition) is 6. The number of hydrogen-bond donors (Lipinski definition) is 1. The maximum atomic E-state index is 6.25. The summed E-state index contributed by atoms with van der Waals surface area (Å²) in [5.74, 6) is 0.925. The van der Waals surface area contributed by atoms with Crippen LogP contribution in [0.4, 0.5) is 5.95 Å². The molecule has 0 radical (unpaired) electrons. The first-order valence-electron chi connectivity index (χ1n) is 5.59. The molecule has 2 N–H and O–H groups in total. The van der Waals surface area contributed by atoms with Crippen LogP contribution in [-0.2, 0) is 0 Å². The van der Waals surface area contributed by atoms with Gasteiger partial charge in [0.25, 0.3) is 5.78 Å². The summed E-state index contributed by atoms with van der Waals surface area (Å²) in [7, 11) is 0. The van der Waals surface area contributed by atoms with Crippen LogP contribution in [-0.4, -0.2) is 30.8 Å². The van der Waals surface area contributed by atoms with Gasteiger partial charge in [-0.05, 0) is 41.0 Å². The number of fused-ring (bicyclic) bond motifs is 1. The third kappa shape index (κ3) is 2.77. The normalized spacial score (nSPS) is 11.2. The molecule has 3 rings (SSSR count). The van der Waals surface area contributed by atoms with Crippen LogP contribution in [0.2, 0.25) is 10.0 Å². The molecule has 3 aromatic rings. The fourth-order valence-corrected chi connectivity index (χ4v) is 3.74. The standard InChI is InChI=1S/C11H7Cl2IN6S/c1-21-11-17-9(15)20-10(18-11)16-8(19-20)7-5(12)2-4(14)3-6(7)13/h2-3H,1H3,(H2,15,16,17,18,19). The Bertz CT molecular complexity index is 829. The molecule has 1 aromatic carbocycles. The number of anilines is 1. The first-order valence-corrected chi connectivity index (χ1v) is 8.64. The molecule has 21 heavy (non-hydrogen) atoms. The third-order valence-electron chi connectivity index (χ3n) is 2.63. The lowest BCUT2D eigenvalue weighted by atomic mass is 10.2. The smallest absolute Gasteiger partial charge is 0.258 e. The number of halogens is 3. The number of rotatable bonds is 2. The van der Waals surface area contributed by atoms with E-state index < -0.39 is 0 Å². The second kappa shape index (κ2) is 5.75. The van der Waals surface area contributed by atoms with Crippen LogP contribution in [0.25, 0.3) is 17.2 Å². The van der Waals surface area contributed by atoms with E-state index in [4.69, 9.17) is 28.9 Å². The largest absolute Gasteiger partial charge is 0.368 e. The Labute approximate surface area is 147 Å². The summed E-state index contributed by atoms with van der Waals surface area (Å²) < 4.78 is 2.29. The Balaban J connectivity index is 2.25. The molecule has 2 aromatic heterocycles. The van der Waals surface area contributed by atoms with E-state index in [1.165, 1.54) is 16.3 Å². The molecule has 0 atom stereocenters. The topological polar surface area (TPSA) is 82.0 Å². The lowest BCUT2D eigenvalue weighted by Gasteiger charge is -2.03. The zero-order chi connectivity index (χ0) is 15.1. The minimum Gasteiger partial charge on any atom is -0.368 e. The van der Waals surface area contributed by atoms with Crippen LogP contribution in [0.1, 0.15) is 0 Å². The summed E-state index contributed by atoms with van der Waals surface area (Å²) in [6, 6.07) is 3.58. The molecule has 0 spiro atoms. The summed E-state index contributed by atoms with van der Waals surface area (Å²) in [6.45, 7) is 0. The van der Waals surface area contributed by atoms with Crippen LogP contribution in [0.5, 0.6) is 0 Å². The molecular weight excluding hydrogens is 446 g/mol. The van der Waals surface area contributed by atoms with E-state index in [1.807, 2.05) is 6.26 Å². The van der Waals surface area contributed by atoms with Gasteiger partial charge in [-0.2, -0.15) is 19.5 Å². The summed E-state index contributed by atoms with van der Waals surface area (Å²) in [5.41, 5.74) is 6.40. The van der Waals surface area contributed by atoms with Gasteiger partial charge in [-0.25, -0.2) is 0 Å². The van der Waals surface area contributed by atoms with Crippen molar-refractivity contribution in [2.45, 2.75) is 5.16 Å². The lowest BCUT2D eigenvalue weighted by molar-refractivity contribution is 0.851. The Hall–Kier alpha value is -0.840. The van der Waals surface area contributed by atoms with Crippen LogP contribution in [0.15, 0.2) is 17.3 Å². The summed E-state index contributed by atoms with van der Waals surface area (Å²) >= 11 is 16.0. The van der Waals surface area contributed by atoms with Crippen molar-refractivity contribution >= 4 is 69.3 Å². The minimum atomic E-state index is 0.209. The molecule has 6 nitrogen and oxygen atoms in total. The average molecular weight is 453 g/mol. The SMILES string of the molecule is CSc1nc(N)n2nc(-c3c(Cl)cc(I)cc3Cl)nc2n1. The molecule has 0 saturated carbocycles. The van der Waals surface area contributed by atoms with Crippen LogP contribution in [0, 0.1) is 3.57 Å². The van der Waals surface area contributed by atoms with E-state index >= 15 is 0 Å². The van der Waals surface area contributed by atoms with Gasteiger partial charge in [0.1, 0.15) is 0 Å². The highest BCUT2D eigenvalue weighted by Gasteiger charge is 2.17. The molecule has 0 fully saturated rings. The van der Waals surface area contributed by atoms with E-state index in [-0.39, 0.29) is 5.95 Å². The number of aromatic nitrogens is 5. The van der Waals surface area contributed by atoms with Gasteiger partial charge in [0.05, 0.1) is 15.6 Å². The number of benzene rings is 1. The summed E-state index contributed by atoms with van der Waals surface area (Å²) in [4.78, 5) is 12.7. The van der Waals surface area contributed by atoms with E-state index in [0.29, 0.717) is 32.4 Å². The number of nitrogen functional groups attached to an aromatic ring is 1. The second-order valence-corrected chi connectivity index (χ2v) is 6.79. The molecular formula is C11H7Cl2IN6S. The highest BCUT2D eigenvalue weighted by molar-refractivity contribution is 14.1. The van der Waals surface area contributed by atoms with E-state index in [0.717, 1.165) is 3.57 Å². The van der Waals surface area contributed by atoms with Gasteiger partial charge in [-0.15, -0.1) is 5.10 Å². The van der Waals surface area contributed by atoms with Gasteiger partial charge in [-0.1, -0.05) is 35.0 Å². The predicted molar refractivity (Wildman–Crippen MR) is 92.9 cm³/mol. The highest BCUT2D eigenvalue weighted by atomic mass is 127. The van der Waals surface area contributed by atoms with Crippen molar-refractivity contribution in [3.05, 3.63) is 25.7 Å². The maximum Gasteiger partial charge on any atom is 0.258 e. The number of nitrogens with zero attached hydrogens (tertiary/aromatic N) is 5. The molecule has 0 saturated heterocycles. The van der Waals surface area contributed by atoms with Crippen molar-refractivity contribution in [2.24, 2.45) is 0 Å². The Morgan fingerprint density at radius 2 is 1.86 bits per heavy atom. The van der Waals surface area contributed by atoms with Gasteiger partial charge in [-0.3, -0.25) is 0 Å². The molecule has 10 heteroatoms. The lowest BCUT2D eigenvalue weighted by Crippen LogP contribution is -2.04. The Morgan fingerprint density at radius 1 is 1.19 bits per heavy atom. The third-order valence-corrected chi connectivity index (χ3v) is 4.39. The molecule has 108 valence electrons. The summed E-state index contributed by atoms with van der Waals surface area (Å²) in [5, 5.41) is 5.75. The van der Waals surface area contributed by atoms with E-state index in [2.05, 4.69) is 42.6 Å². The molecule has 0 amide bonds. The maximum absolute atomic E-state index is 6.25. The van der Waals surface area contributed by atoms with E-state index in [1.54, 1.807) is 12.1 Å². The molecule has 2 heterocycles. The Kier molecular flexibility index (Phi) is 4.12. The van der Waals surface area contributed by atoms with Crippen molar-refractivity contribution in [1.29, 1.82) is 0 Å². The zero-order valence-electron chi connectivity index (χ0n) is 10.5. The molecule has 0 bridgehead atoms. The van der Waals surface area contributed by atoms with Crippen molar-refractivity contribution < 1.29 is 0 Å². The fraction of sp³-hybridized carbons (Fsp3) is 0.0909. The van der Waals surface area contributed by atoms with Crippen molar-refractivity contribution in [1.82, 2.24) is 24.6 Å². The average Bonchev–Trinajstić information content (AvgIpc) is 2.81. The second-order valence-electron chi connectivity index (χ2n) is 3.96. The monoisotopic (exact) mass is 452 g/mol. The molecule has 0 aliphatic carbocycles. The van der Waals surface area contributed by atoms with E-state index in [9.17, 15) is 0 Å². The van der Waals surface area contributed by atoms with Crippen molar-refractivity contribution in [3.63, 3.8) is 0 Å². The zero-order valence-corrected chi connectivity index (χ0v) is 15.0. The van der Waals surface area contributed by atoms with Crippen LogP contribution in [0.3, 0.4) is 0 Å². The predicted octanol–water partition coefficient (Wildman–Crippen LogP) is 3.40. The quantitative estimate of drug-likeness (QED) is 0.474. The van der Waals surface area contributed by atoms with Gasteiger partial charge >= 0.3 is 0 Å². The Morgan fingerprint density at radius 3 is 2.48 bits per heavy atom. The number of nitrogens with two attached hydrogens (primary N) is 1. The highest BCUT2D eigenvalue weighted by Crippen LogP contribution is 2.34. The van der Waals surface area contributed by atoms with Gasteiger partial charge in [0, 0.05) is 3.57 Å². The first-order chi connectivity index (χ1) is 9.99. The number of thioether (sulfide) groups is 1. The molecule has 0 unspecified atom stereocenters. The minimum absolute atomic E-state index is 0.209. The van der Waals surface area contributed by atoms with Crippen molar-refractivity contribution in [3.8, 4) is 11.4 Å². The van der Waals surface area contributed by atoms with Gasteiger partial charge in [0.15, 0.2) is 11.0 Å². The molecule has 0 aliphatic heterocycles.